The summed E-state index contributed by atoms with van der Waals surface area (Å²) in [5.74, 6) is 0. The topological polar surface area (TPSA) is 35.2 Å². The minimum absolute atomic E-state index is 0.169. The number of nitrogens with two attached hydrogens (primary N) is 1. The largest absolute Gasteiger partial charge is 0.427 e. The molecule has 0 bridgehead atoms. The van der Waals surface area contributed by atoms with Gasteiger partial charge in [0.2, 0.25) is 0 Å². The lowest BCUT2D eigenvalue weighted by molar-refractivity contribution is 0.440. The first-order chi connectivity index (χ1) is 3.41. The maximum atomic E-state index is 5.24. The van der Waals surface area contributed by atoms with Crippen molar-refractivity contribution >= 4 is 9.76 Å². The third-order valence-electron chi connectivity index (χ3n) is 0.803. The molecule has 0 heterocycles. The Morgan fingerprint density at radius 2 is 2.43 bits per heavy atom. The zero-order valence-corrected chi connectivity index (χ0v) is 6.23. The Hall–Kier alpha value is 0.137. The van der Waals surface area contributed by atoms with Gasteiger partial charge in [-0.15, -0.1) is 0 Å². The Balaban J connectivity index is 2.45. The molecular weight excluding hydrogens is 106 g/mol. The van der Waals surface area contributed by atoms with Crippen molar-refractivity contribution in [1.82, 2.24) is 0 Å². The summed E-state index contributed by atoms with van der Waals surface area (Å²) in [6.45, 7) is 0.816. The standard InChI is InChI=1S/C4H13NOSi/c1-6-7-4-2-3-5/h2-5,7H2,1H3. The van der Waals surface area contributed by atoms with Crippen LogP contribution in [0.1, 0.15) is 6.42 Å². The molecule has 3 heteroatoms. The fourth-order valence-electron chi connectivity index (χ4n) is 0.391. The third kappa shape index (κ3) is 6.14. The molecule has 0 aliphatic rings. The molecule has 7 heavy (non-hydrogen) atoms. The van der Waals surface area contributed by atoms with E-state index in [1.807, 2.05) is 0 Å². The van der Waals surface area contributed by atoms with E-state index in [9.17, 15) is 0 Å². The van der Waals surface area contributed by atoms with Crippen LogP contribution in [0.4, 0.5) is 0 Å². The van der Waals surface area contributed by atoms with Gasteiger partial charge in [-0.05, 0) is 19.0 Å². The second kappa shape index (κ2) is 6.14. The molecule has 0 atom stereocenters. The van der Waals surface area contributed by atoms with E-state index >= 15 is 0 Å². The summed E-state index contributed by atoms with van der Waals surface area (Å²) in [4.78, 5) is 0. The predicted molar refractivity (Wildman–Crippen MR) is 34.0 cm³/mol. The zero-order chi connectivity index (χ0) is 5.54. The van der Waals surface area contributed by atoms with Crippen LogP contribution in [0.2, 0.25) is 6.04 Å². The first-order valence-corrected chi connectivity index (χ1v) is 4.18. The van der Waals surface area contributed by atoms with Crippen molar-refractivity contribution in [2.45, 2.75) is 12.5 Å². The predicted octanol–water partition coefficient (Wildman–Crippen LogP) is -0.516. The molecule has 0 amide bonds. The fourth-order valence-corrected chi connectivity index (χ4v) is 1.17. The van der Waals surface area contributed by atoms with Crippen molar-refractivity contribution in [1.29, 1.82) is 0 Å². The molecule has 0 aromatic heterocycles. The molecule has 0 aromatic carbocycles. The summed E-state index contributed by atoms with van der Waals surface area (Å²) in [6, 6.07) is 1.23. The minimum Gasteiger partial charge on any atom is -0.427 e. The van der Waals surface area contributed by atoms with Crippen LogP contribution in [0.5, 0.6) is 0 Å². The van der Waals surface area contributed by atoms with Gasteiger partial charge in [-0.2, -0.15) is 0 Å². The quantitative estimate of drug-likeness (QED) is 0.399. The van der Waals surface area contributed by atoms with Gasteiger partial charge < -0.3 is 10.2 Å². The van der Waals surface area contributed by atoms with Gasteiger partial charge in [0.15, 0.2) is 9.76 Å². The van der Waals surface area contributed by atoms with Gasteiger partial charge in [-0.3, -0.25) is 0 Å². The Morgan fingerprint density at radius 1 is 1.71 bits per heavy atom. The summed E-state index contributed by atoms with van der Waals surface area (Å²) in [6.07, 6.45) is 1.14. The molecule has 0 fully saturated rings. The highest BCUT2D eigenvalue weighted by Gasteiger charge is 1.81. The first kappa shape index (κ1) is 7.14. The highest BCUT2D eigenvalue weighted by molar-refractivity contribution is 6.26. The van der Waals surface area contributed by atoms with E-state index < -0.39 is 0 Å². The monoisotopic (exact) mass is 119 g/mol. The van der Waals surface area contributed by atoms with Crippen molar-refractivity contribution in [2.24, 2.45) is 5.73 Å². The van der Waals surface area contributed by atoms with E-state index in [-0.39, 0.29) is 9.76 Å². The molecule has 0 saturated carbocycles. The maximum absolute atomic E-state index is 5.24. The fraction of sp³-hybridized carbons (Fsp3) is 1.00. The minimum atomic E-state index is -0.169. The number of hydrogen-bond acceptors (Lipinski definition) is 2. The molecule has 2 N–H and O–H groups in total. The van der Waals surface area contributed by atoms with Crippen LogP contribution in [0.3, 0.4) is 0 Å². The molecule has 44 valence electrons. The SMILES string of the molecule is CO[SiH2]CCCN. The molecule has 0 spiro atoms. The second-order valence-corrected chi connectivity index (χ2v) is 3.18. The van der Waals surface area contributed by atoms with Crippen LogP contribution >= 0.6 is 0 Å². The van der Waals surface area contributed by atoms with Gasteiger partial charge in [-0.25, -0.2) is 0 Å². The summed E-state index contributed by atoms with van der Waals surface area (Å²) in [5.41, 5.74) is 5.24. The lowest BCUT2D eigenvalue weighted by Crippen LogP contribution is -2.01. The maximum Gasteiger partial charge on any atom is 0.161 e. The molecule has 0 unspecified atom stereocenters. The molecule has 0 radical (unpaired) electrons. The average molecular weight is 119 g/mol. The third-order valence-corrected chi connectivity index (χ3v) is 2.00. The number of hydrogen-bond donors (Lipinski definition) is 1. The smallest absolute Gasteiger partial charge is 0.161 e. The van der Waals surface area contributed by atoms with Gasteiger partial charge in [-0.1, -0.05) is 0 Å². The van der Waals surface area contributed by atoms with Crippen molar-refractivity contribution in [3.63, 3.8) is 0 Å². The first-order valence-electron chi connectivity index (χ1n) is 2.61. The van der Waals surface area contributed by atoms with Crippen LogP contribution in [0, 0.1) is 0 Å². The Labute approximate surface area is 47.0 Å². The second-order valence-electron chi connectivity index (χ2n) is 1.49. The van der Waals surface area contributed by atoms with Gasteiger partial charge in [0.05, 0.1) is 0 Å². The van der Waals surface area contributed by atoms with E-state index in [4.69, 9.17) is 10.2 Å². The van der Waals surface area contributed by atoms with Crippen molar-refractivity contribution in [3.8, 4) is 0 Å². The lowest BCUT2D eigenvalue weighted by atomic mass is 10.5. The van der Waals surface area contributed by atoms with Crippen LogP contribution in [0.25, 0.3) is 0 Å². The normalized spacial score (nSPS) is 11.1. The van der Waals surface area contributed by atoms with E-state index in [0.717, 1.165) is 13.0 Å². The van der Waals surface area contributed by atoms with Crippen LogP contribution in [-0.2, 0) is 4.43 Å². The van der Waals surface area contributed by atoms with Gasteiger partial charge in [0.25, 0.3) is 0 Å². The molecule has 0 aliphatic heterocycles. The molecular formula is C4H13NOSi. The van der Waals surface area contributed by atoms with Crippen LogP contribution in [0.15, 0.2) is 0 Å². The van der Waals surface area contributed by atoms with E-state index in [1.54, 1.807) is 7.11 Å². The van der Waals surface area contributed by atoms with Gasteiger partial charge >= 0.3 is 0 Å². The van der Waals surface area contributed by atoms with Gasteiger partial charge in [0, 0.05) is 7.11 Å². The van der Waals surface area contributed by atoms with Crippen molar-refractivity contribution in [3.05, 3.63) is 0 Å². The average Bonchev–Trinajstić information content (AvgIpc) is 1.69. The summed E-state index contributed by atoms with van der Waals surface area (Å²) < 4.78 is 4.93. The molecule has 2 nitrogen and oxygen atoms in total. The number of rotatable bonds is 4. The molecule has 0 saturated heterocycles. The van der Waals surface area contributed by atoms with Gasteiger partial charge in [0.1, 0.15) is 0 Å². The Kier molecular flexibility index (Phi) is 6.26. The van der Waals surface area contributed by atoms with E-state index in [2.05, 4.69) is 0 Å². The van der Waals surface area contributed by atoms with Crippen LogP contribution in [-0.4, -0.2) is 23.4 Å². The lowest BCUT2D eigenvalue weighted by Gasteiger charge is -1.91. The van der Waals surface area contributed by atoms with E-state index in [0.29, 0.717) is 0 Å². The Morgan fingerprint density at radius 3 is 2.86 bits per heavy atom. The van der Waals surface area contributed by atoms with Crippen molar-refractivity contribution in [2.75, 3.05) is 13.7 Å². The summed E-state index contributed by atoms with van der Waals surface area (Å²) in [7, 11) is 1.60. The molecule has 0 aliphatic carbocycles. The Bertz CT molecular complexity index is 30.9. The highest BCUT2D eigenvalue weighted by atomic mass is 28.2. The molecule has 0 rings (SSSR count). The van der Waals surface area contributed by atoms with E-state index in [1.165, 1.54) is 6.04 Å². The highest BCUT2D eigenvalue weighted by Crippen LogP contribution is 1.82. The summed E-state index contributed by atoms with van der Waals surface area (Å²) >= 11 is 0. The van der Waals surface area contributed by atoms with Crippen molar-refractivity contribution < 1.29 is 4.43 Å². The zero-order valence-electron chi connectivity index (χ0n) is 4.81. The summed E-state index contributed by atoms with van der Waals surface area (Å²) in [5, 5.41) is 0. The van der Waals surface area contributed by atoms with Crippen LogP contribution < -0.4 is 5.73 Å². The molecule has 0 aromatic rings.